The van der Waals surface area contributed by atoms with Crippen LogP contribution in [0.4, 0.5) is 9.52 Å². The van der Waals surface area contributed by atoms with Crippen molar-refractivity contribution in [1.82, 2.24) is 9.88 Å². The molecule has 1 aromatic heterocycles. The SMILES string of the molecule is CCc1cccc2sc(N(CCN(CC)CC)C(=O)CCCSc3ccc(F)cc3)nc12.Cl. The van der Waals surface area contributed by atoms with E-state index in [1.807, 2.05) is 4.90 Å². The summed E-state index contributed by atoms with van der Waals surface area (Å²) in [6, 6.07) is 12.8. The van der Waals surface area contributed by atoms with Crippen molar-refractivity contribution in [2.75, 3.05) is 36.8 Å². The summed E-state index contributed by atoms with van der Waals surface area (Å²) in [6.45, 7) is 9.84. The normalized spacial score (nSPS) is 11.1. The van der Waals surface area contributed by atoms with E-state index in [0.717, 1.165) is 58.5 Å². The monoisotopic (exact) mass is 509 g/mol. The van der Waals surface area contributed by atoms with Crippen LogP contribution in [-0.2, 0) is 11.2 Å². The van der Waals surface area contributed by atoms with Gasteiger partial charge in [0.2, 0.25) is 5.91 Å². The minimum absolute atomic E-state index is 0. The third-order valence-corrected chi connectivity index (χ3v) is 7.70. The van der Waals surface area contributed by atoms with E-state index < -0.39 is 0 Å². The second-order valence-electron chi connectivity index (χ2n) is 7.59. The van der Waals surface area contributed by atoms with Crippen LogP contribution in [0.25, 0.3) is 10.2 Å². The number of fused-ring (bicyclic) bond motifs is 1. The molecule has 2 aromatic carbocycles. The van der Waals surface area contributed by atoms with Crippen LogP contribution in [0.1, 0.15) is 39.2 Å². The van der Waals surface area contributed by atoms with E-state index in [1.165, 1.54) is 17.7 Å². The van der Waals surface area contributed by atoms with Crippen LogP contribution in [0, 0.1) is 5.82 Å². The van der Waals surface area contributed by atoms with Crippen molar-refractivity contribution in [3.05, 3.63) is 53.8 Å². The summed E-state index contributed by atoms with van der Waals surface area (Å²) >= 11 is 3.26. The maximum Gasteiger partial charge on any atom is 0.228 e. The zero-order chi connectivity index (χ0) is 22.9. The molecule has 0 aliphatic carbocycles. The number of benzene rings is 2. The Morgan fingerprint density at radius 1 is 1.06 bits per heavy atom. The lowest BCUT2D eigenvalue weighted by Gasteiger charge is -2.24. The summed E-state index contributed by atoms with van der Waals surface area (Å²) in [5, 5.41) is 0.796. The van der Waals surface area contributed by atoms with Gasteiger partial charge in [-0.25, -0.2) is 9.37 Å². The molecular weight excluding hydrogens is 477 g/mol. The van der Waals surface area contributed by atoms with Gasteiger partial charge in [0.15, 0.2) is 5.13 Å². The number of rotatable bonds is 12. The molecule has 0 atom stereocenters. The van der Waals surface area contributed by atoms with Gasteiger partial charge in [0.25, 0.3) is 0 Å². The lowest BCUT2D eigenvalue weighted by Crippen LogP contribution is -2.38. The van der Waals surface area contributed by atoms with E-state index in [4.69, 9.17) is 4.98 Å². The molecule has 180 valence electrons. The highest BCUT2D eigenvalue weighted by molar-refractivity contribution is 7.99. The van der Waals surface area contributed by atoms with Crippen LogP contribution in [0.15, 0.2) is 47.4 Å². The molecule has 33 heavy (non-hydrogen) atoms. The molecule has 0 fully saturated rings. The molecule has 0 unspecified atom stereocenters. The third kappa shape index (κ3) is 7.67. The molecule has 0 N–H and O–H groups in total. The number of aromatic nitrogens is 1. The Kier molecular flexibility index (Phi) is 11.6. The van der Waals surface area contributed by atoms with Gasteiger partial charge in [-0.05, 0) is 67.6 Å². The zero-order valence-corrected chi connectivity index (χ0v) is 22.0. The van der Waals surface area contributed by atoms with Crippen LogP contribution < -0.4 is 4.90 Å². The number of hydrogen-bond donors (Lipinski definition) is 0. The molecule has 0 radical (unpaired) electrons. The van der Waals surface area contributed by atoms with Crippen LogP contribution in [0.3, 0.4) is 0 Å². The predicted octanol–water partition coefficient (Wildman–Crippen LogP) is 6.67. The molecule has 0 aliphatic heterocycles. The number of likely N-dealkylation sites (N-methyl/N-ethyl adjacent to an activating group) is 1. The Morgan fingerprint density at radius 3 is 2.45 bits per heavy atom. The molecule has 0 spiro atoms. The molecule has 1 heterocycles. The summed E-state index contributed by atoms with van der Waals surface area (Å²) in [6.07, 6.45) is 2.17. The Balaban J connectivity index is 0.00000385. The second-order valence-corrected chi connectivity index (χ2v) is 9.77. The smallest absolute Gasteiger partial charge is 0.228 e. The minimum atomic E-state index is -0.226. The maximum atomic E-state index is 13.2. The third-order valence-electron chi connectivity index (χ3n) is 5.56. The van der Waals surface area contributed by atoms with Gasteiger partial charge in [-0.3, -0.25) is 9.69 Å². The first-order valence-electron chi connectivity index (χ1n) is 11.3. The van der Waals surface area contributed by atoms with Gasteiger partial charge >= 0.3 is 0 Å². The fourth-order valence-corrected chi connectivity index (χ4v) is 5.49. The van der Waals surface area contributed by atoms with Crippen molar-refractivity contribution in [1.29, 1.82) is 0 Å². The number of thioether (sulfide) groups is 1. The molecule has 0 bridgehead atoms. The van der Waals surface area contributed by atoms with Crippen LogP contribution in [0.2, 0.25) is 0 Å². The average molecular weight is 510 g/mol. The Labute approximate surface area is 211 Å². The van der Waals surface area contributed by atoms with Crippen molar-refractivity contribution < 1.29 is 9.18 Å². The number of para-hydroxylation sites is 1. The zero-order valence-electron chi connectivity index (χ0n) is 19.6. The van der Waals surface area contributed by atoms with Crippen molar-refractivity contribution in [2.45, 2.75) is 44.9 Å². The molecular formula is C25H33ClFN3OS2. The summed E-state index contributed by atoms with van der Waals surface area (Å²) in [5.74, 6) is 0.713. The van der Waals surface area contributed by atoms with Gasteiger partial charge < -0.3 is 4.90 Å². The van der Waals surface area contributed by atoms with Crippen LogP contribution >= 0.6 is 35.5 Å². The van der Waals surface area contributed by atoms with Gasteiger partial charge in [0.1, 0.15) is 5.82 Å². The van der Waals surface area contributed by atoms with E-state index >= 15 is 0 Å². The summed E-state index contributed by atoms with van der Waals surface area (Å²) < 4.78 is 14.2. The molecule has 0 aliphatic rings. The van der Waals surface area contributed by atoms with Gasteiger partial charge in [0, 0.05) is 24.4 Å². The van der Waals surface area contributed by atoms with Crippen LogP contribution in [0.5, 0.6) is 0 Å². The number of amides is 1. The second kappa shape index (κ2) is 13.9. The number of halogens is 2. The molecule has 3 rings (SSSR count). The highest BCUT2D eigenvalue weighted by atomic mass is 35.5. The van der Waals surface area contributed by atoms with E-state index in [0.29, 0.717) is 13.0 Å². The first-order valence-corrected chi connectivity index (χ1v) is 13.1. The Bertz CT molecular complexity index is 1010. The largest absolute Gasteiger partial charge is 0.302 e. The standard InChI is InChI=1S/C25H32FN3OS2.ClH/c1-4-19-9-7-10-22-24(19)27-25(32-22)29(17-16-28(5-2)6-3)23(30)11-8-18-31-21-14-12-20(26)13-15-21;/h7,9-10,12-15H,4-6,8,11,16-18H2,1-3H3;1H. The van der Waals surface area contributed by atoms with E-state index in [-0.39, 0.29) is 24.1 Å². The number of nitrogens with zero attached hydrogens (tertiary/aromatic N) is 3. The van der Waals surface area contributed by atoms with Gasteiger partial charge in [-0.1, -0.05) is 44.2 Å². The van der Waals surface area contributed by atoms with Gasteiger partial charge in [-0.2, -0.15) is 0 Å². The quantitative estimate of drug-likeness (QED) is 0.202. The van der Waals surface area contributed by atoms with E-state index in [1.54, 1.807) is 35.2 Å². The van der Waals surface area contributed by atoms with E-state index in [2.05, 4.69) is 43.9 Å². The number of carbonyl (C=O) groups is 1. The first-order chi connectivity index (χ1) is 15.5. The lowest BCUT2D eigenvalue weighted by atomic mass is 10.1. The molecule has 0 saturated carbocycles. The number of thiazole rings is 1. The number of carbonyl (C=O) groups excluding carboxylic acids is 1. The first kappa shape index (κ1) is 27.6. The van der Waals surface area contributed by atoms with Gasteiger partial charge in [0.05, 0.1) is 10.2 Å². The molecule has 3 aromatic rings. The number of hydrogen-bond acceptors (Lipinski definition) is 5. The highest BCUT2D eigenvalue weighted by Gasteiger charge is 2.20. The predicted molar refractivity (Wildman–Crippen MR) is 143 cm³/mol. The topological polar surface area (TPSA) is 36.4 Å². The van der Waals surface area contributed by atoms with Crippen molar-refractivity contribution in [3.8, 4) is 0 Å². The summed E-state index contributed by atoms with van der Waals surface area (Å²) in [5.41, 5.74) is 2.24. The van der Waals surface area contributed by atoms with E-state index in [9.17, 15) is 9.18 Å². The maximum absolute atomic E-state index is 13.2. The molecule has 8 heteroatoms. The summed E-state index contributed by atoms with van der Waals surface area (Å²) in [4.78, 5) is 23.4. The Morgan fingerprint density at radius 2 is 1.79 bits per heavy atom. The highest BCUT2D eigenvalue weighted by Crippen LogP contribution is 2.31. The van der Waals surface area contributed by atoms with Crippen molar-refractivity contribution >= 4 is 56.8 Å². The van der Waals surface area contributed by atoms with Crippen molar-refractivity contribution in [3.63, 3.8) is 0 Å². The fourth-order valence-electron chi connectivity index (χ4n) is 3.58. The average Bonchev–Trinajstić information content (AvgIpc) is 3.24. The summed E-state index contributed by atoms with van der Waals surface area (Å²) in [7, 11) is 0. The minimum Gasteiger partial charge on any atom is -0.302 e. The molecule has 4 nitrogen and oxygen atoms in total. The molecule has 0 saturated heterocycles. The molecule has 1 amide bonds. The number of anilines is 1. The van der Waals surface area contributed by atoms with Crippen LogP contribution in [-0.4, -0.2) is 47.7 Å². The van der Waals surface area contributed by atoms with Crippen molar-refractivity contribution in [2.24, 2.45) is 0 Å². The lowest BCUT2D eigenvalue weighted by molar-refractivity contribution is -0.118. The number of aryl methyl sites for hydroxylation is 1. The fraction of sp³-hybridized carbons (Fsp3) is 0.440. The van der Waals surface area contributed by atoms with Gasteiger partial charge in [-0.15, -0.1) is 24.2 Å². The Hall–Kier alpha value is -1.67.